The minimum absolute atomic E-state index is 0.0534. The highest BCUT2D eigenvalue weighted by molar-refractivity contribution is 7.16. The van der Waals surface area contributed by atoms with E-state index in [1.807, 2.05) is 16.5 Å². The molecule has 1 aliphatic carbocycles. The summed E-state index contributed by atoms with van der Waals surface area (Å²) < 4.78 is 1.17. The van der Waals surface area contributed by atoms with Crippen molar-refractivity contribution >= 4 is 38.9 Å². The molecule has 152 valence electrons. The molecule has 3 N–H and O–H groups in total. The van der Waals surface area contributed by atoms with Gasteiger partial charge in [0.2, 0.25) is 11.8 Å². The molecule has 1 saturated carbocycles. The van der Waals surface area contributed by atoms with E-state index in [1.165, 1.54) is 15.8 Å². The minimum Gasteiger partial charge on any atom is -0.337 e. The Kier molecular flexibility index (Phi) is 4.64. The summed E-state index contributed by atoms with van der Waals surface area (Å²) in [5.74, 6) is -1.04. The fourth-order valence-electron chi connectivity index (χ4n) is 4.65. The maximum absolute atomic E-state index is 13.2. The lowest BCUT2D eigenvalue weighted by Crippen LogP contribution is -2.59. The van der Waals surface area contributed by atoms with Gasteiger partial charge in [0.25, 0.3) is 0 Å². The van der Waals surface area contributed by atoms with Crippen molar-refractivity contribution in [3.63, 3.8) is 0 Å². The lowest BCUT2D eigenvalue weighted by atomic mass is 9.81. The Morgan fingerprint density at radius 2 is 2.21 bits per heavy atom. The van der Waals surface area contributed by atoms with Gasteiger partial charge in [-0.3, -0.25) is 14.8 Å². The topological polar surface area (TPSA) is 94.6 Å². The lowest BCUT2D eigenvalue weighted by Gasteiger charge is -2.38. The molecule has 0 radical (unpaired) electrons. The fraction of sp³-hybridized carbons (Fsp3) is 0.476. The molecule has 29 heavy (non-hydrogen) atoms. The summed E-state index contributed by atoms with van der Waals surface area (Å²) >= 11 is 1.63. The number of nitrogens with one attached hydrogen (secondary N) is 2. The first kappa shape index (κ1) is 18.7. The molecule has 2 aliphatic heterocycles. The van der Waals surface area contributed by atoms with Crippen molar-refractivity contribution in [1.29, 1.82) is 0 Å². The molecule has 2 aromatic rings. The molecule has 1 aromatic heterocycles. The van der Waals surface area contributed by atoms with Gasteiger partial charge in [0, 0.05) is 19.6 Å². The van der Waals surface area contributed by atoms with Crippen molar-refractivity contribution in [3.8, 4) is 0 Å². The van der Waals surface area contributed by atoms with Gasteiger partial charge in [-0.15, -0.1) is 11.3 Å². The van der Waals surface area contributed by atoms with Crippen LogP contribution in [-0.4, -0.2) is 52.6 Å². The SMILES string of the molecule is O=C(NO)C1CC2(CC2)CNC1C(=O)N1CC=C(c2ccc3ncsc3c2)CC1. The number of fused-ring (bicyclic) bond motifs is 1. The Bertz CT molecular complexity index is 997. The van der Waals surface area contributed by atoms with Crippen LogP contribution in [0.5, 0.6) is 0 Å². The van der Waals surface area contributed by atoms with Crippen LogP contribution in [0.3, 0.4) is 0 Å². The molecule has 5 rings (SSSR count). The van der Waals surface area contributed by atoms with Crippen molar-refractivity contribution in [3.05, 3.63) is 35.3 Å². The number of carbonyl (C=O) groups excluding carboxylic acids is 2. The van der Waals surface area contributed by atoms with Gasteiger partial charge in [-0.2, -0.15) is 0 Å². The molecule has 7 nitrogen and oxygen atoms in total. The fourth-order valence-corrected chi connectivity index (χ4v) is 5.37. The first-order valence-corrected chi connectivity index (χ1v) is 11.0. The normalized spacial score (nSPS) is 25.7. The minimum atomic E-state index is -0.572. The average molecular weight is 413 g/mol. The smallest absolute Gasteiger partial charge is 0.248 e. The molecule has 1 spiro atoms. The van der Waals surface area contributed by atoms with E-state index in [1.54, 1.807) is 16.8 Å². The van der Waals surface area contributed by atoms with Gasteiger partial charge in [0.05, 0.1) is 27.7 Å². The van der Waals surface area contributed by atoms with Gasteiger partial charge in [-0.1, -0.05) is 12.1 Å². The number of carbonyl (C=O) groups is 2. The lowest BCUT2D eigenvalue weighted by molar-refractivity contribution is -0.144. The molecule has 3 aliphatic rings. The summed E-state index contributed by atoms with van der Waals surface area (Å²) in [7, 11) is 0. The monoisotopic (exact) mass is 412 g/mol. The highest BCUT2D eigenvalue weighted by Crippen LogP contribution is 2.52. The first-order chi connectivity index (χ1) is 14.1. The van der Waals surface area contributed by atoms with Crippen LogP contribution in [-0.2, 0) is 9.59 Å². The van der Waals surface area contributed by atoms with Crippen LogP contribution in [0.25, 0.3) is 15.8 Å². The van der Waals surface area contributed by atoms with Crippen LogP contribution >= 0.6 is 11.3 Å². The second-order valence-electron chi connectivity index (χ2n) is 8.44. The molecule has 2 unspecified atom stereocenters. The van der Waals surface area contributed by atoms with Crippen molar-refractivity contribution in [1.82, 2.24) is 20.7 Å². The third-order valence-electron chi connectivity index (χ3n) is 6.65. The number of hydrogen-bond acceptors (Lipinski definition) is 6. The number of rotatable bonds is 3. The number of hydroxylamine groups is 1. The van der Waals surface area contributed by atoms with Gasteiger partial charge >= 0.3 is 0 Å². The summed E-state index contributed by atoms with van der Waals surface area (Å²) in [6.07, 6.45) is 5.71. The van der Waals surface area contributed by atoms with E-state index in [-0.39, 0.29) is 11.3 Å². The summed E-state index contributed by atoms with van der Waals surface area (Å²) in [5.41, 5.74) is 7.18. The molecule has 3 heterocycles. The van der Waals surface area contributed by atoms with Crippen molar-refractivity contribution in [2.75, 3.05) is 19.6 Å². The zero-order valence-corrected chi connectivity index (χ0v) is 16.9. The Hall–Kier alpha value is -2.29. The zero-order chi connectivity index (χ0) is 20.0. The first-order valence-electron chi connectivity index (χ1n) is 10.1. The van der Waals surface area contributed by atoms with Gasteiger partial charge in [-0.05, 0) is 54.4 Å². The third-order valence-corrected chi connectivity index (χ3v) is 7.44. The standard InChI is InChI=1S/C21H24N4O3S/c26-19(24-28)15-10-21(5-6-21)11-22-18(15)20(27)25-7-3-13(4-8-25)14-1-2-16-17(9-14)29-12-23-16/h1-3,9,12,15,18,22,28H,4-8,10-11H2,(H,24,26). The Labute approximate surface area is 172 Å². The van der Waals surface area contributed by atoms with E-state index in [2.05, 4.69) is 28.5 Å². The van der Waals surface area contributed by atoms with E-state index in [4.69, 9.17) is 5.21 Å². The van der Waals surface area contributed by atoms with Gasteiger partial charge < -0.3 is 10.2 Å². The van der Waals surface area contributed by atoms with Gasteiger partial charge in [0.15, 0.2) is 0 Å². The van der Waals surface area contributed by atoms with Crippen LogP contribution in [0.1, 0.15) is 31.2 Å². The third kappa shape index (κ3) is 3.45. The Morgan fingerprint density at radius 3 is 2.93 bits per heavy atom. The van der Waals surface area contributed by atoms with Crippen LogP contribution in [0.4, 0.5) is 0 Å². The molecule has 1 aromatic carbocycles. The van der Waals surface area contributed by atoms with E-state index < -0.39 is 17.9 Å². The van der Waals surface area contributed by atoms with E-state index in [0.717, 1.165) is 31.3 Å². The van der Waals surface area contributed by atoms with Crippen molar-refractivity contribution < 1.29 is 14.8 Å². The highest BCUT2D eigenvalue weighted by Gasteiger charge is 2.52. The number of piperidine rings is 1. The van der Waals surface area contributed by atoms with Crippen LogP contribution in [0.15, 0.2) is 29.8 Å². The molecule has 2 atom stereocenters. The zero-order valence-electron chi connectivity index (χ0n) is 16.1. The summed E-state index contributed by atoms with van der Waals surface area (Å²) in [5, 5.41) is 12.4. The number of amides is 2. The second-order valence-corrected chi connectivity index (χ2v) is 9.33. The maximum Gasteiger partial charge on any atom is 0.248 e. The van der Waals surface area contributed by atoms with Crippen LogP contribution in [0.2, 0.25) is 0 Å². The molecular weight excluding hydrogens is 388 g/mol. The van der Waals surface area contributed by atoms with E-state index in [9.17, 15) is 9.59 Å². The quantitative estimate of drug-likeness (QED) is 0.531. The van der Waals surface area contributed by atoms with E-state index in [0.29, 0.717) is 19.5 Å². The number of hydrogen-bond donors (Lipinski definition) is 3. The number of aromatic nitrogens is 1. The molecule has 8 heteroatoms. The molecule has 2 amide bonds. The largest absolute Gasteiger partial charge is 0.337 e. The van der Waals surface area contributed by atoms with Gasteiger partial charge in [-0.25, -0.2) is 10.5 Å². The highest BCUT2D eigenvalue weighted by atomic mass is 32.1. The van der Waals surface area contributed by atoms with Crippen molar-refractivity contribution in [2.45, 2.75) is 31.7 Å². The molecule has 2 fully saturated rings. The predicted molar refractivity (Wildman–Crippen MR) is 110 cm³/mol. The Morgan fingerprint density at radius 1 is 1.34 bits per heavy atom. The summed E-state index contributed by atoms with van der Waals surface area (Å²) in [4.78, 5) is 31.5. The number of benzene rings is 1. The van der Waals surface area contributed by atoms with Crippen LogP contribution in [0, 0.1) is 11.3 Å². The molecule has 0 bridgehead atoms. The summed E-state index contributed by atoms with van der Waals surface area (Å²) in [6.45, 7) is 1.93. The second kappa shape index (κ2) is 7.19. The van der Waals surface area contributed by atoms with Crippen molar-refractivity contribution in [2.24, 2.45) is 11.3 Å². The number of nitrogens with zero attached hydrogens (tertiary/aromatic N) is 2. The van der Waals surface area contributed by atoms with Crippen LogP contribution < -0.4 is 10.8 Å². The summed E-state index contributed by atoms with van der Waals surface area (Å²) in [6, 6.07) is 5.72. The van der Waals surface area contributed by atoms with Gasteiger partial charge in [0.1, 0.15) is 0 Å². The molecular formula is C21H24N4O3S. The maximum atomic E-state index is 13.2. The predicted octanol–water partition coefficient (Wildman–Crippen LogP) is 2.18. The Balaban J connectivity index is 1.30. The van der Waals surface area contributed by atoms with E-state index >= 15 is 0 Å². The molecule has 1 saturated heterocycles. The average Bonchev–Trinajstić information content (AvgIpc) is 3.34. The number of thiazole rings is 1.